The number of nitrogens with one attached hydrogen (secondary N) is 1. The Morgan fingerprint density at radius 1 is 1.25 bits per heavy atom. The molecule has 0 aliphatic carbocycles. The van der Waals surface area contributed by atoms with Crippen molar-refractivity contribution in [2.24, 2.45) is 0 Å². The Kier molecular flexibility index (Phi) is 6.51. The van der Waals surface area contributed by atoms with Crippen LogP contribution in [0.15, 0.2) is 30.3 Å². The first-order chi connectivity index (χ1) is 9.83. The maximum absolute atomic E-state index is 9.64. The summed E-state index contributed by atoms with van der Waals surface area (Å²) in [5.74, 6) is 0. The molecule has 1 aliphatic rings. The van der Waals surface area contributed by atoms with Gasteiger partial charge in [0.2, 0.25) is 0 Å². The van der Waals surface area contributed by atoms with Crippen LogP contribution in [0, 0.1) is 0 Å². The summed E-state index contributed by atoms with van der Waals surface area (Å²) in [6.07, 6.45) is 4.89. The van der Waals surface area contributed by atoms with Gasteiger partial charge >= 0.3 is 0 Å². The normalized spacial score (nSPS) is 22.4. The molecule has 1 saturated heterocycles. The van der Waals surface area contributed by atoms with Gasteiger partial charge in [-0.3, -0.25) is 0 Å². The van der Waals surface area contributed by atoms with Crippen LogP contribution in [0.25, 0.3) is 0 Å². The van der Waals surface area contributed by atoms with Gasteiger partial charge in [0.15, 0.2) is 0 Å². The summed E-state index contributed by atoms with van der Waals surface area (Å²) in [4.78, 5) is 2.57. The second-order valence-electron chi connectivity index (χ2n) is 5.78. The van der Waals surface area contributed by atoms with Gasteiger partial charge < -0.3 is 15.3 Å². The number of likely N-dealkylation sites (tertiary alicyclic amines) is 1. The fourth-order valence-corrected chi connectivity index (χ4v) is 3.09. The van der Waals surface area contributed by atoms with Gasteiger partial charge in [0, 0.05) is 6.04 Å². The molecule has 1 fully saturated rings. The molecule has 3 nitrogen and oxygen atoms in total. The van der Waals surface area contributed by atoms with E-state index in [2.05, 4.69) is 29.3 Å². The molecule has 112 valence electrons. The lowest BCUT2D eigenvalue weighted by molar-refractivity contribution is 0.226. The van der Waals surface area contributed by atoms with E-state index < -0.39 is 0 Å². The Morgan fingerprint density at radius 2 is 2.05 bits per heavy atom. The molecule has 0 amide bonds. The minimum absolute atomic E-state index is 0.0684. The third-order valence-corrected chi connectivity index (χ3v) is 4.18. The molecule has 2 N–H and O–H groups in total. The molecule has 2 rings (SSSR count). The Labute approximate surface area is 123 Å². The number of hydrogen-bond donors (Lipinski definition) is 2. The average molecular weight is 276 g/mol. The number of benzene rings is 1. The van der Waals surface area contributed by atoms with Crippen molar-refractivity contribution in [3.8, 4) is 0 Å². The van der Waals surface area contributed by atoms with E-state index in [0.29, 0.717) is 6.04 Å². The van der Waals surface area contributed by atoms with E-state index in [1.807, 2.05) is 18.2 Å². The Balaban J connectivity index is 1.88. The molecule has 0 bridgehead atoms. The maximum atomic E-state index is 9.64. The summed E-state index contributed by atoms with van der Waals surface area (Å²) in [6.45, 7) is 6.03. The summed E-state index contributed by atoms with van der Waals surface area (Å²) in [5, 5.41) is 13.3. The smallest absolute Gasteiger partial charge is 0.0626 e. The molecular formula is C17H28N2O. The van der Waals surface area contributed by atoms with E-state index in [1.165, 1.54) is 50.9 Å². The Hall–Kier alpha value is -0.900. The molecular weight excluding hydrogens is 248 g/mol. The van der Waals surface area contributed by atoms with Crippen molar-refractivity contribution in [3.63, 3.8) is 0 Å². The summed E-state index contributed by atoms with van der Waals surface area (Å²) in [6, 6.07) is 10.9. The molecule has 1 unspecified atom stereocenters. The van der Waals surface area contributed by atoms with E-state index in [4.69, 9.17) is 0 Å². The number of aliphatic hydroxyl groups is 1. The Morgan fingerprint density at radius 3 is 2.75 bits per heavy atom. The minimum Gasteiger partial charge on any atom is -0.394 e. The predicted octanol–water partition coefficient (Wildman–Crippen LogP) is 2.57. The average Bonchev–Trinajstić information content (AvgIpc) is 2.71. The number of aliphatic hydroxyl groups excluding tert-OH is 1. The first-order valence-corrected chi connectivity index (χ1v) is 7.97. The molecule has 1 heterocycles. The molecule has 20 heavy (non-hydrogen) atoms. The summed E-state index contributed by atoms with van der Waals surface area (Å²) < 4.78 is 0. The summed E-state index contributed by atoms with van der Waals surface area (Å²) in [5.41, 5.74) is 1.18. The van der Waals surface area contributed by atoms with Gasteiger partial charge in [0.25, 0.3) is 0 Å². The van der Waals surface area contributed by atoms with Crippen molar-refractivity contribution in [1.29, 1.82) is 0 Å². The SMILES string of the molecule is CCCN1CCCC(N[C@@H](CO)c2ccccc2)CC1. The highest BCUT2D eigenvalue weighted by molar-refractivity contribution is 5.19. The molecule has 2 atom stereocenters. The standard InChI is InChI=1S/C17H28N2O/c1-2-11-19-12-6-9-16(10-13-19)18-17(14-20)15-7-4-3-5-8-15/h3-5,7-8,16-18,20H,2,6,9-14H2,1H3/t16?,17-/m0/s1. The second-order valence-corrected chi connectivity index (χ2v) is 5.78. The van der Waals surface area contributed by atoms with E-state index >= 15 is 0 Å². The molecule has 1 aromatic carbocycles. The largest absolute Gasteiger partial charge is 0.394 e. The van der Waals surface area contributed by atoms with Crippen LogP contribution in [0.1, 0.15) is 44.2 Å². The van der Waals surface area contributed by atoms with Crippen LogP contribution in [0.4, 0.5) is 0 Å². The second kappa shape index (κ2) is 8.40. The van der Waals surface area contributed by atoms with Crippen molar-refractivity contribution >= 4 is 0 Å². The lowest BCUT2D eigenvalue weighted by Crippen LogP contribution is -2.35. The zero-order valence-corrected chi connectivity index (χ0v) is 12.6. The number of hydrogen-bond acceptors (Lipinski definition) is 3. The summed E-state index contributed by atoms with van der Waals surface area (Å²) in [7, 11) is 0. The fourth-order valence-electron chi connectivity index (χ4n) is 3.09. The van der Waals surface area contributed by atoms with Crippen LogP contribution in [-0.4, -0.2) is 42.3 Å². The molecule has 0 spiro atoms. The molecule has 0 radical (unpaired) electrons. The zero-order valence-electron chi connectivity index (χ0n) is 12.6. The lowest BCUT2D eigenvalue weighted by atomic mass is 10.0. The van der Waals surface area contributed by atoms with Crippen LogP contribution >= 0.6 is 0 Å². The van der Waals surface area contributed by atoms with Crippen molar-refractivity contribution in [1.82, 2.24) is 10.2 Å². The first-order valence-electron chi connectivity index (χ1n) is 7.97. The van der Waals surface area contributed by atoms with Gasteiger partial charge in [-0.1, -0.05) is 37.3 Å². The molecule has 0 saturated carbocycles. The van der Waals surface area contributed by atoms with Gasteiger partial charge in [-0.25, -0.2) is 0 Å². The van der Waals surface area contributed by atoms with E-state index in [0.717, 1.165) is 0 Å². The van der Waals surface area contributed by atoms with Gasteiger partial charge in [-0.2, -0.15) is 0 Å². The number of nitrogens with zero attached hydrogens (tertiary/aromatic N) is 1. The van der Waals surface area contributed by atoms with Gasteiger partial charge in [0.05, 0.1) is 12.6 Å². The molecule has 1 aliphatic heterocycles. The first kappa shape index (κ1) is 15.5. The monoisotopic (exact) mass is 276 g/mol. The fraction of sp³-hybridized carbons (Fsp3) is 0.647. The zero-order chi connectivity index (χ0) is 14.2. The van der Waals surface area contributed by atoms with Gasteiger partial charge in [-0.15, -0.1) is 0 Å². The highest BCUT2D eigenvalue weighted by Crippen LogP contribution is 2.17. The lowest BCUT2D eigenvalue weighted by Gasteiger charge is -2.24. The molecule has 0 aromatic heterocycles. The van der Waals surface area contributed by atoms with Crippen molar-refractivity contribution in [2.45, 2.75) is 44.7 Å². The van der Waals surface area contributed by atoms with Crippen LogP contribution in [0.3, 0.4) is 0 Å². The maximum Gasteiger partial charge on any atom is 0.0626 e. The van der Waals surface area contributed by atoms with E-state index in [-0.39, 0.29) is 12.6 Å². The quantitative estimate of drug-likeness (QED) is 0.838. The molecule has 1 aromatic rings. The number of rotatable bonds is 6. The third kappa shape index (κ3) is 4.58. The van der Waals surface area contributed by atoms with Crippen molar-refractivity contribution in [2.75, 3.05) is 26.2 Å². The highest BCUT2D eigenvalue weighted by Gasteiger charge is 2.20. The molecule has 3 heteroatoms. The minimum atomic E-state index is 0.0684. The van der Waals surface area contributed by atoms with Gasteiger partial charge in [0.1, 0.15) is 0 Å². The van der Waals surface area contributed by atoms with Crippen LogP contribution < -0.4 is 5.32 Å². The highest BCUT2D eigenvalue weighted by atomic mass is 16.3. The van der Waals surface area contributed by atoms with Crippen LogP contribution in [-0.2, 0) is 0 Å². The van der Waals surface area contributed by atoms with E-state index in [9.17, 15) is 5.11 Å². The van der Waals surface area contributed by atoms with E-state index in [1.54, 1.807) is 0 Å². The third-order valence-electron chi connectivity index (χ3n) is 4.18. The van der Waals surface area contributed by atoms with Crippen molar-refractivity contribution < 1.29 is 5.11 Å². The predicted molar refractivity (Wildman–Crippen MR) is 83.8 cm³/mol. The van der Waals surface area contributed by atoms with Crippen LogP contribution in [0.5, 0.6) is 0 Å². The topological polar surface area (TPSA) is 35.5 Å². The van der Waals surface area contributed by atoms with Crippen LogP contribution in [0.2, 0.25) is 0 Å². The summed E-state index contributed by atoms with van der Waals surface area (Å²) >= 11 is 0. The van der Waals surface area contributed by atoms with Gasteiger partial charge in [-0.05, 0) is 50.9 Å². The van der Waals surface area contributed by atoms with Crippen molar-refractivity contribution in [3.05, 3.63) is 35.9 Å². The Bertz CT molecular complexity index is 369.